The fraction of sp³-hybridized carbons (Fsp3) is 0.500. The zero-order chi connectivity index (χ0) is 12.8. The zero-order valence-corrected chi connectivity index (χ0v) is 9.34. The molecule has 0 saturated carbocycles. The van der Waals surface area contributed by atoms with Gasteiger partial charge in [-0.15, -0.1) is 0 Å². The fourth-order valence-corrected chi connectivity index (χ4v) is 1.47. The quantitative estimate of drug-likeness (QED) is 0.617. The van der Waals surface area contributed by atoms with Gasteiger partial charge in [-0.25, -0.2) is 9.59 Å². The van der Waals surface area contributed by atoms with Crippen molar-refractivity contribution in [1.82, 2.24) is 10.5 Å². The number of nitrogens with zero attached hydrogens (tertiary/aromatic N) is 1. The number of aromatic nitrogens is 1. The second kappa shape index (κ2) is 6.00. The Morgan fingerprint density at radius 2 is 2.12 bits per heavy atom. The molecule has 3 N–H and O–H groups in total. The summed E-state index contributed by atoms with van der Waals surface area (Å²) in [6.07, 6.45) is 2.42. The summed E-state index contributed by atoms with van der Waals surface area (Å²) >= 11 is 0. The van der Waals surface area contributed by atoms with Gasteiger partial charge in [-0.05, 0) is 26.3 Å². The van der Waals surface area contributed by atoms with Gasteiger partial charge in [-0.3, -0.25) is 0 Å². The van der Waals surface area contributed by atoms with Crippen molar-refractivity contribution in [3.05, 3.63) is 17.5 Å². The Bertz CT molecular complexity index is 383. The molecule has 1 fully saturated rings. The Kier molecular flexibility index (Phi) is 4.65. The maximum Gasteiger partial charge on any atom is 0.414 e. The van der Waals surface area contributed by atoms with Crippen LogP contribution in [-0.4, -0.2) is 33.9 Å². The second-order valence-electron chi connectivity index (χ2n) is 3.63. The molecule has 2 rings (SSSR count). The van der Waals surface area contributed by atoms with Gasteiger partial charge in [0.05, 0.1) is 11.7 Å². The van der Waals surface area contributed by atoms with E-state index in [0.717, 1.165) is 18.0 Å². The maximum absolute atomic E-state index is 9.10. The first kappa shape index (κ1) is 13.2. The van der Waals surface area contributed by atoms with Gasteiger partial charge in [0.2, 0.25) is 0 Å². The molecule has 0 spiro atoms. The molecule has 17 heavy (non-hydrogen) atoms. The summed E-state index contributed by atoms with van der Waals surface area (Å²) in [7, 11) is 0. The van der Waals surface area contributed by atoms with Crippen molar-refractivity contribution in [3.8, 4) is 0 Å². The van der Waals surface area contributed by atoms with Gasteiger partial charge in [0.25, 0.3) is 0 Å². The van der Waals surface area contributed by atoms with Crippen LogP contribution in [0.1, 0.15) is 30.3 Å². The molecule has 0 aromatic carbocycles. The molecule has 94 valence electrons. The lowest BCUT2D eigenvalue weighted by Crippen LogP contribution is -2.11. The van der Waals surface area contributed by atoms with E-state index in [1.165, 1.54) is 12.8 Å². The van der Waals surface area contributed by atoms with Gasteiger partial charge in [0.1, 0.15) is 0 Å². The molecular weight excluding hydrogens is 228 g/mol. The van der Waals surface area contributed by atoms with Crippen LogP contribution in [0.15, 0.2) is 10.6 Å². The van der Waals surface area contributed by atoms with Gasteiger partial charge >= 0.3 is 11.9 Å². The van der Waals surface area contributed by atoms with Crippen LogP contribution < -0.4 is 5.32 Å². The van der Waals surface area contributed by atoms with Crippen LogP contribution >= 0.6 is 0 Å². The van der Waals surface area contributed by atoms with E-state index in [2.05, 4.69) is 10.5 Å². The van der Waals surface area contributed by atoms with Crippen LogP contribution in [0, 0.1) is 6.92 Å². The lowest BCUT2D eigenvalue weighted by atomic mass is 10.2. The Hall–Kier alpha value is -1.89. The van der Waals surface area contributed by atoms with E-state index < -0.39 is 11.9 Å². The largest absolute Gasteiger partial charge is 0.473 e. The monoisotopic (exact) mass is 242 g/mol. The highest BCUT2D eigenvalue weighted by Gasteiger charge is 2.19. The molecule has 1 aromatic rings. The average Bonchev–Trinajstić information content (AvgIpc) is 2.88. The zero-order valence-electron chi connectivity index (χ0n) is 9.34. The number of carboxylic acid groups (broad SMARTS) is 2. The highest BCUT2D eigenvalue weighted by molar-refractivity contribution is 6.27. The lowest BCUT2D eigenvalue weighted by molar-refractivity contribution is -0.159. The van der Waals surface area contributed by atoms with E-state index in [9.17, 15) is 0 Å². The summed E-state index contributed by atoms with van der Waals surface area (Å²) in [5.74, 6) is -2.66. The highest BCUT2D eigenvalue weighted by atomic mass is 16.5. The smallest absolute Gasteiger partial charge is 0.414 e. The fourth-order valence-electron chi connectivity index (χ4n) is 1.47. The van der Waals surface area contributed by atoms with E-state index in [0.29, 0.717) is 6.04 Å². The minimum absolute atomic E-state index is 0.413. The molecule has 7 heteroatoms. The molecule has 0 aliphatic carbocycles. The molecule has 2 heterocycles. The predicted molar refractivity (Wildman–Crippen MR) is 56.5 cm³/mol. The summed E-state index contributed by atoms with van der Waals surface area (Å²) < 4.78 is 5.14. The molecule has 1 aliphatic heterocycles. The summed E-state index contributed by atoms with van der Waals surface area (Å²) in [5, 5.41) is 22.0. The van der Waals surface area contributed by atoms with Crippen LogP contribution in [0.3, 0.4) is 0 Å². The van der Waals surface area contributed by atoms with Crippen molar-refractivity contribution in [3.63, 3.8) is 0 Å². The number of aryl methyl sites for hydroxylation is 1. The van der Waals surface area contributed by atoms with Crippen molar-refractivity contribution >= 4 is 11.9 Å². The van der Waals surface area contributed by atoms with E-state index >= 15 is 0 Å². The Morgan fingerprint density at radius 1 is 1.47 bits per heavy atom. The Labute approximate surface area is 97.4 Å². The minimum Gasteiger partial charge on any atom is -0.473 e. The van der Waals surface area contributed by atoms with Gasteiger partial charge < -0.3 is 20.1 Å². The number of hydrogen-bond donors (Lipinski definition) is 3. The van der Waals surface area contributed by atoms with Gasteiger partial charge in [-0.1, -0.05) is 5.16 Å². The predicted octanol–water partition coefficient (Wildman–Crippen LogP) is 0.563. The topological polar surface area (TPSA) is 113 Å². The maximum atomic E-state index is 9.10. The molecule has 0 amide bonds. The first-order valence-corrected chi connectivity index (χ1v) is 5.13. The van der Waals surface area contributed by atoms with E-state index in [-0.39, 0.29) is 0 Å². The van der Waals surface area contributed by atoms with Crippen LogP contribution in [0.4, 0.5) is 0 Å². The van der Waals surface area contributed by atoms with Crippen molar-refractivity contribution in [1.29, 1.82) is 0 Å². The van der Waals surface area contributed by atoms with Crippen LogP contribution in [0.5, 0.6) is 0 Å². The molecule has 1 saturated heterocycles. The number of nitrogens with one attached hydrogen (secondary N) is 1. The van der Waals surface area contributed by atoms with Crippen molar-refractivity contribution < 1.29 is 24.3 Å². The molecule has 1 aliphatic rings. The van der Waals surface area contributed by atoms with Crippen LogP contribution in [0.2, 0.25) is 0 Å². The summed E-state index contributed by atoms with van der Waals surface area (Å²) in [6.45, 7) is 3.05. The van der Waals surface area contributed by atoms with Crippen molar-refractivity contribution in [2.75, 3.05) is 6.54 Å². The minimum atomic E-state index is -1.82. The number of aliphatic carboxylic acids is 2. The number of carbonyl (C=O) groups is 2. The lowest BCUT2D eigenvalue weighted by Gasteiger charge is -2.02. The van der Waals surface area contributed by atoms with Crippen LogP contribution in [-0.2, 0) is 9.59 Å². The second-order valence-corrected chi connectivity index (χ2v) is 3.63. The third-order valence-electron chi connectivity index (χ3n) is 2.23. The van der Waals surface area contributed by atoms with Gasteiger partial charge in [0.15, 0.2) is 5.76 Å². The first-order valence-electron chi connectivity index (χ1n) is 5.13. The summed E-state index contributed by atoms with van der Waals surface area (Å²) in [6, 6.07) is 2.42. The van der Waals surface area contributed by atoms with Crippen molar-refractivity contribution in [2.24, 2.45) is 0 Å². The number of rotatable bonds is 1. The van der Waals surface area contributed by atoms with Crippen molar-refractivity contribution in [2.45, 2.75) is 25.8 Å². The summed E-state index contributed by atoms with van der Waals surface area (Å²) in [4.78, 5) is 18.2. The molecule has 0 radical (unpaired) electrons. The third-order valence-corrected chi connectivity index (χ3v) is 2.23. The molecule has 1 atom stereocenters. The SMILES string of the molecule is Cc1cc([C@@H]2CCCN2)on1.O=C(O)C(=O)O. The molecule has 0 unspecified atom stereocenters. The van der Waals surface area contributed by atoms with E-state index in [4.69, 9.17) is 24.3 Å². The standard InChI is InChI=1S/C8H12N2O.C2H2O4/c1-6-5-8(11-10-6)7-3-2-4-9-7;3-1(4)2(5)6/h5,7,9H,2-4H2,1H3;(H,3,4)(H,5,6)/t7-;/m0./s1. The highest BCUT2D eigenvalue weighted by Crippen LogP contribution is 2.22. The molecule has 1 aromatic heterocycles. The van der Waals surface area contributed by atoms with Crippen LogP contribution in [0.25, 0.3) is 0 Å². The number of hydrogen-bond acceptors (Lipinski definition) is 5. The molecular formula is C10H14N2O5. The van der Waals surface area contributed by atoms with Gasteiger partial charge in [-0.2, -0.15) is 0 Å². The molecule has 0 bridgehead atoms. The molecule has 7 nitrogen and oxygen atoms in total. The average molecular weight is 242 g/mol. The first-order chi connectivity index (χ1) is 8.00. The Balaban J connectivity index is 0.000000209. The Morgan fingerprint density at radius 3 is 2.47 bits per heavy atom. The van der Waals surface area contributed by atoms with Gasteiger partial charge in [0, 0.05) is 6.07 Å². The summed E-state index contributed by atoms with van der Waals surface area (Å²) in [5.41, 5.74) is 0.966. The third kappa shape index (κ3) is 4.23. The number of carboxylic acids is 2. The van der Waals surface area contributed by atoms with E-state index in [1.54, 1.807) is 0 Å². The van der Waals surface area contributed by atoms with E-state index in [1.807, 2.05) is 13.0 Å². The normalized spacial score (nSPS) is 18.3.